The number of hydrogen-bond donors (Lipinski definition) is 1. The molecule has 30 heavy (non-hydrogen) atoms. The normalized spacial score (nSPS) is 44.2. The standard InChI is InChI=1S/C24H44O5S/c1-5-7-13-24(6-2)16-30(26,27)21-12-11-19(29-4)15-20(21)22(23(24)25)17-9-8-10-18(14-17)28-3/h17-23,25H,5-16H2,1-4H3/t17?,18?,19?,20?,21?,22-,23-,24+/m0/s1. The van der Waals surface area contributed by atoms with E-state index >= 15 is 0 Å². The van der Waals surface area contributed by atoms with E-state index in [4.69, 9.17) is 9.47 Å². The lowest BCUT2D eigenvalue weighted by atomic mass is 9.60. The first-order chi connectivity index (χ1) is 14.3. The summed E-state index contributed by atoms with van der Waals surface area (Å²) in [6.07, 6.45) is 9.65. The molecule has 0 aromatic rings. The predicted octanol–water partition coefficient (Wildman–Crippen LogP) is 4.37. The molecular weight excluding hydrogens is 400 g/mol. The van der Waals surface area contributed by atoms with Crippen LogP contribution in [-0.2, 0) is 19.3 Å². The van der Waals surface area contributed by atoms with Crippen LogP contribution in [0.4, 0.5) is 0 Å². The van der Waals surface area contributed by atoms with Crippen molar-refractivity contribution in [2.75, 3.05) is 20.0 Å². The van der Waals surface area contributed by atoms with Crippen molar-refractivity contribution in [3.05, 3.63) is 0 Å². The van der Waals surface area contributed by atoms with E-state index in [9.17, 15) is 13.5 Å². The molecule has 0 spiro atoms. The molecule has 5 unspecified atom stereocenters. The molecule has 1 heterocycles. The predicted molar refractivity (Wildman–Crippen MR) is 120 cm³/mol. The third-order valence-corrected chi connectivity index (χ3v) is 11.3. The van der Waals surface area contributed by atoms with E-state index in [2.05, 4.69) is 13.8 Å². The zero-order valence-corrected chi connectivity index (χ0v) is 20.3. The Hall–Kier alpha value is -0.170. The van der Waals surface area contributed by atoms with Crippen molar-refractivity contribution in [2.45, 2.75) is 108 Å². The highest BCUT2D eigenvalue weighted by Crippen LogP contribution is 2.53. The van der Waals surface area contributed by atoms with Gasteiger partial charge in [0, 0.05) is 19.6 Å². The van der Waals surface area contributed by atoms with E-state index in [1.165, 1.54) is 0 Å². The minimum Gasteiger partial charge on any atom is -0.392 e. The van der Waals surface area contributed by atoms with Crippen molar-refractivity contribution < 1.29 is 23.0 Å². The Morgan fingerprint density at radius 2 is 1.70 bits per heavy atom. The average molecular weight is 445 g/mol. The van der Waals surface area contributed by atoms with Gasteiger partial charge in [-0.15, -0.1) is 0 Å². The Morgan fingerprint density at radius 1 is 1.00 bits per heavy atom. The fourth-order valence-corrected chi connectivity index (χ4v) is 9.88. The Morgan fingerprint density at radius 3 is 2.33 bits per heavy atom. The number of unbranched alkanes of at least 4 members (excludes halogenated alkanes) is 1. The second-order valence-electron chi connectivity index (χ2n) is 10.3. The number of rotatable bonds is 7. The Labute approximate surface area is 184 Å². The number of aliphatic hydroxyl groups excluding tert-OH is 1. The summed E-state index contributed by atoms with van der Waals surface area (Å²) in [5.41, 5.74) is -0.528. The number of methoxy groups -OCH3 is 2. The van der Waals surface area contributed by atoms with Crippen LogP contribution in [0.1, 0.15) is 84.5 Å². The van der Waals surface area contributed by atoms with Crippen LogP contribution in [0.5, 0.6) is 0 Å². The lowest BCUT2D eigenvalue weighted by Crippen LogP contribution is -2.49. The number of fused-ring (bicyclic) bond motifs is 1. The molecule has 0 radical (unpaired) electrons. The van der Waals surface area contributed by atoms with Gasteiger partial charge in [0.1, 0.15) is 0 Å². The van der Waals surface area contributed by atoms with Gasteiger partial charge in [-0.05, 0) is 69.1 Å². The van der Waals surface area contributed by atoms with Crippen LogP contribution in [0.15, 0.2) is 0 Å². The molecule has 1 N–H and O–H groups in total. The van der Waals surface area contributed by atoms with Gasteiger partial charge in [0.25, 0.3) is 0 Å². The molecule has 5 nitrogen and oxygen atoms in total. The highest BCUT2D eigenvalue weighted by Gasteiger charge is 2.57. The number of hydrogen-bond acceptors (Lipinski definition) is 5. The highest BCUT2D eigenvalue weighted by molar-refractivity contribution is 7.92. The molecule has 0 bridgehead atoms. The first-order valence-electron chi connectivity index (χ1n) is 12.3. The van der Waals surface area contributed by atoms with Crippen LogP contribution >= 0.6 is 0 Å². The van der Waals surface area contributed by atoms with Crippen molar-refractivity contribution >= 4 is 9.84 Å². The van der Waals surface area contributed by atoms with Gasteiger partial charge in [-0.25, -0.2) is 8.42 Å². The van der Waals surface area contributed by atoms with Gasteiger partial charge in [0.05, 0.1) is 29.3 Å². The van der Waals surface area contributed by atoms with Crippen molar-refractivity contribution in [3.63, 3.8) is 0 Å². The molecule has 1 aliphatic heterocycles. The highest BCUT2D eigenvalue weighted by atomic mass is 32.2. The summed E-state index contributed by atoms with van der Waals surface area (Å²) in [4.78, 5) is 0. The largest absolute Gasteiger partial charge is 0.392 e. The van der Waals surface area contributed by atoms with Gasteiger partial charge in [0.15, 0.2) is 9.84 Å². The van der Waals surface area contributed by atoms with Crippen LogP contribution in [0.2, 0.25) is 0 Å². The second kappa shape index (κ2) is 10.2. The quantitative estimate of drug-likeness (QED) is 0.631. The third-order valence-electron chi connectivity index (χ3n) is 8.83. The fourth-order valence-electron chi connectivity index (χ4n) is 7.03. The van der Waals surface area contributed by atoms with Crippen molar-refractivity contribution in [2.24, 2.45) is 23.2 Å². The third kappa shape index (κ3) is 4.77. The molecular formula is C24H44O5S. The smallest absolute Gasteiger partial charge is 0.154 e. The first-order valence-corrected chi connectivity index (χ1v) is 14.0. The molecule has 3 rings (SSSR count). The Balaban J connectivity index is 2.05. The van der Waals surface area contributed by atoms with Crippen LogP contribution in [0.3, 0.4) is 0 Å². The van der Waals surface area contributed by atoms with Crippen molar-refractivity contribution in [3.8, 4) is 0 Å². The summed E-state index contributed by atoms with van der Waals surface area (Å²) in [6, 6.07) is 0. The van der Waals surface area contributed by atoms with Crippen LogP contribution < -0.4 is 0 Å². The molecule has 176 valence electrons. The number of aliphatic hydroxyl groups is 1. The number of sulfone groups is 1. The molecule has 0 amide bonds. The summed E-state index contributed by atoms with van der Waals surface area (Å²) in [7, 11) is 0.245. The van der Waals surface area contributed by atoms with E-state index in [1.807, 2.05) is 0 Å². The topological polar surface area (TPSA) is 72.8 Å². The second-order valence-corrected chi connectivity index (χ2v) is 12.5. The fraction of sp³-hybridized carbons (Fsp3) is 1.00. The summed E-state index contributed by atoms with van der Waals surface area (Å²) in [5.74, 6) is 0.468. The first kappa shape index (κ1) is 24.5. The Bertz CT molecular complexity index is 650. The Kier molecular flexibility index (Phi) is 8.31. The minimum absolute atomic E-state index is 0.0139. The molecule has 0 aromatic heterocycles. The van der Waals surface area contributed by atoms with Crippen molar-refractivity contribution in [1.82, 2.24) is 0 Å². The zero-order chi connectivity index (χ0) is 21.9. The molecule has 0 aromatic carbocycles. The summed E-state index contributed by atoms with van der Waals surface area (Å²) in [5, 5.41) is 11.6. The van der Waals surface area contributed by atoms with Gasteiger partial charge >= 0.3 is 0 Å². The van der Waals surface area contributed by atoms with Crippen molar-refractivity contribution in [1.29, 1.82) is 0 Å². The zero-order valence-electron chi connectivity index (χ0n) is 19.5. The summed E-state index contributed by atoms with van der Waals surface area (Å²) >= 11 is 0. The SMILES string of the molecule is CCCC[C@]1(CC)CS(=O)(=O)C2CCC(OC)CC2[C@H](C2CCCC(OC)C2)[C@@H]1O. The van der Waals surface area contributed by atoms with Gasteiger partial charge in [-0.2, -0.15) is 0 Å². The molecule has 2 aliphatic carbocycles. The van der Waals surface area contributed by atoms with Gasteiger partial charge in [0.2, 0.25) is 0 Å². The summed E-state index contributed by atoms with van der Waals surface area (Å²) < 4.78 is 38.8. The molecule has 8 atom stereocenters. The monoisotopic (exact) mass is 444 g/mol. The van der Waals surface area contributed by atoms with E-state index in [1.54, 1.807) is 14.2 Å². The van der Waals surface area contributed by atoms with Gasteiger partial charge < -0.3 is 14.6 Å². The van der Waals surface area contributed by atoms with Gasteiger partial charge in [-0.1, -0.05) is 33.1 Å². The molecule has 2 saturated carbocycles. The molecule has 1 saturated heterocycles. The molecule has 3 fully saturated rings. The van der Waals surface area contributed by atoms with E-state index < -0.39 is 21.4 Å². The maximum atomic E-state index is 13.7. The van der Waals surface area contributed by atoms with E-state index in [-0.39, 0.29) is 35.0 Å². The average Bonchev–Trinajstić information content (AvgIpc) is 2.83. The van der Waals surface area contributed by atoms with Crippen LogP contribution in [0, 0.1) is 23.2 Å². The van der Waals surface area contributed by atoms with E-state index in [0.29, 0.717) is 12.3 Å². The maximum Gasteiger partial charge on any atom is 0.154 e. The van der Waals surface area contributed by atoms with Crippen LogP contribution in [-0.4, -0.2) is 57.1 Å². The summed E-state index contributed by atoms with van der Waals surface area (Å²) in [6.45, 7) is 4.23. The maximum absolute atomic E-state index is 13.7. The van der Waals surface area contributed by atoms with Gasteiger partial charge in [-0.3, -0.25) is 0 Å². The van der Waals surface area contributed by atoms with Crippen LogP contribution in [0.25, 0.3) is 0 Å². The lowest BCUT2D eigenvalue weighted by Gasteiger charge is -2.47. The minimum atomic E-state index is -3.27. The molecule has 3 aliphatic rings. The van der Waals surface area contributed by atoms with E-state index in [0.717, 1.165) is 64.2 Å². The molecule has 6 heteroatoms. The lowest BCUT2D eigenvalue weighted by molar-refractivity contribution is -0.0859. The number of ether oxygens (including phenoxy) is 2.